The summed E-state index contributed by atoms with van der Waals surface area (Å²) in [6.07, 6.45) is 0. The van der Waals surface area contributed by atoms with Gasteiger partial charge in [0, 0.05) is 6.54 Å². The summed E-state index contributed by atoms with van der Waals surface area (Å²) >= 11 is 1.40. The Labute approximate surface area is 215 Å². The van der Waals surface area contributed by atoms with Crippen LogP contribution < -0.4 is 10.6 Å². The van der Waals surface area contributed by atoms with E-state index in [0.29, 0.717) is 17.4 Å². The molecule has 2 amide bonds. The van der Waals surface area contributed by atoms with Crippen molar-refractivity contribution in [1.29, 1.82) is 0 Å². The molecule has 0 spiro atoms. The van der Waals surface area contributed by atoms with Crippen LogP contribution in [0.4, 0.5) is 9.80 Å². The van der Waals surface area contributed by atoms with Crippen LogP contribution in [0.25, 0.3) is 48.7 Å². The first-order valence-corrected chi connectivity index (χ1v) is 12.7. The molecule has 2 N–H and O–H groups in total. The van der Waals surface area contributed by atoms with E-state index in [-0.39, 0.29) is 6.03 Å². The molecule has 5 aromatic carbocycles. The molecule has 7 rings (SSSR count). The Kier molecular flexibility index (Phi) is 5.04. The minimum Gasteiger partial charge on any atom is -0.334 e. The van der Waals surface area contributed by atoms with Gasteiger partial charge in [-0.1, -0.05) is 72.8 Å². The fraction of sp³-hybridized carbons (Fsp3) is 0.0345. The van der Waals surface area contributed by atoms with Crippen LogP contribution in [-0.2, 0) is 6.54 Å². The number of hydrogen-bond acceptors (Lipinski definition) is 5. The van der Waals surface area contributed by atoms with Crippen LogP contribution >= 0.6 is 11.3 Å². The lowest BCUT2D eigenvalue weighted by atomic mass is 9.92. The highest BCUT2D eigenvalue weighted by Gasteiger charge is 2.13. The van der Waals surface area contributed by atoms with Gasteiger partial charge in [-0.15, -0.1) is 26.3 Å². The molecule has 2 heterocycles. The van der Waals surface area contributed by atoms with Gasteiger partial charge in [-0.05, 0) is 67.4 Å². The molecular weight excluding hydrogens is 480 g/mol. The summed E-state index contributed by atoms with van der Waals surface area (Å²) in [5.41, 5.74) is 1.91. The predicted molar refractivity (Wildman–Crippen MR) is 148 cm³/mol. The lowest BCUT2D eigenvalue weighted by molar-refractivity contribution is 0.252. The SMILES string of the molecule is O=C(NCc1ccc2ccc3cccc4ccc1c2c34)Nc1ccc(-c2nnn(-c3ccccc3)n2)s1. The molecule has 0 saturated heterocycles. The summed E-state index contributed by atoms with van der Waals surface area (Å²) in [5.74, 6) is 0.510. The Bertz CT molecular complexity index is 1880. The first kappa shape index (κ1) is 21.5. The average Bonchev–Trinajstić information content (AvgIpc) is 3.61. The number of hydrogen-bond donors (Lipinski definition) is 2. The van der Waals surface area contributed by atoms with Crippen LogP contribution in [0.15, 0.2) is 97.1 Å². The maximum atomic E-state index is 12.7. The number of urea groups is 1. The van der Waals surface area contributed by atoms with E-state index >= 15 is 0 Å². The van der Waals surface area contributed by atoms with Crippen molar-refractivity contribution in [3.05, 3.63) is 103 Å². The van der Waals surface area contributed by atoms with Crippen LogP contribution in [0.5, 0.6) is 0 Å². The summed E-state index contributed by atoms with van der Waals surface area (Å²) in [5, 5.41) is 26.7. The van der Waals surface area contributed by atoms with Gasteiger partial charge in [0.25, 0.3) is 0 Å². The van der Waals surface area contributed by atoms with Crippen LogP contribution in [0, 0.1) is 0 Å². The predicted octanol–water partition coefficient (Wildman–Crippen LogP) is 6.61. The Hall–Kier alpha value is -4.82. The zero-order chi connectivity index (χ0) is 24.8. The average molecular weight is 501 g/mol. The molecule has 0 unspecified atom stereocenters. The lowest BCUT2D eigenvalue weighted by Crippen LogP contribution is -2.27. The van der Waals surface area contributed by atoms with Crippen molar-refractivity contribution in [1.82, 2.24) is 25.5 Å². The second-order valence-electron chi connectivity index (χ2n) is 8.79. The van der Waals surface area contributed by atoms with Crippen molar-refractivity contribution < 1.29 is 4.79 Å². The van der Waals surface area contributed by atoms with Crippen LogP contribution in [-0.4, -0.2) is 26.2 Å². The lowest BCUT2D eigenvalue weighted by Gasteiger charge is -2.14. The molecule has 0 saturated carbocycles. The Balaban J connectivity index is 1.07. The standard InChI is InChI=1S/C29H20N6OS/c36-29(31-25-16-15-24(37-25)28-32-34-35(33-28)22-7-2-1-3-8-22)30-17-21-12-11-20-10-9-18-5-4-6-19-13-14-23(21)27(20)26(18)19/h1-16H,17H2,(H2,30,31,36). The largest absolute Gasteiger partial charge is 0.334 e. The minimum absolute atomic E-state index is 0.264. The van der Waals surface area contributed by atoms with Crippen molar-refractivity contribution in [3.8, 4) is 16.4 Å². The van der Waals surface area contributed by atoms with E-state index in [2.05, 4.69) is 80.6 Å². The second kappa shape index (κ2) is 8.69. The third-order valence-electron chi connectivity index (χ3n) is 6.52. The molecule has 0 aliphatic rings. The van der Waals surface area contributed by atoms with Crippen molar-refractivity contribution in [2.75, 3.05) is 5.32 Å². The smallest absolute Gasteiger partial charge is 0.320 e. The second-order valence-corrected chi connectivity index (χ2v) is 9.87. The molecule has 2 aromatic heterocycles. The number of aromatic nitrogens is 4. The number of nitrogens with zero attached hydrogens (tertiary/aromatic N) is 4. The van der Waals surface area contributed by atoms with E-state index in [9.17, 15) is 4.79 Å². The quantitative estimate of drug-likeness (QED) is 0.261. The zero-order valence-electron chi connectivity index (χ0n) is 19.6. The number of carbonyl (C=O) groups excluding carboxylic acids is 1. The van der Waals surface area contributed by atoms with Gasteiger partial charge in [0.05, 0.1) is 15.6 Å². The Morgan fingerprint density at radius 3 is 2.38 bits per heavy atom. The molecule has 0 fully saturated rings. The number of benzene rings is 5. The molecule has 37 heavy (non-hydrogen) atoms. The summed E-state index contributed by atoms with van der Waals surface area (Å²) in [6, 6.07) is 32.3. The first-order chi connectivity index (χ1) is 18.2. The van der Waals surface area contributed by atoms with Crippen molar-refractivity contribution in [2.45, 2.75) is 6.54 Å². The van der Waals surface area contributed by atoms with Crippen LogP contribution in [0.2, 0.25) is 0 Å². The van der Waals surface area contributed by atoms with Crippen molar-refractivity contribution >= 4 is 54.7 Å². The molecular formula is C29H20N6OS. The normalized spacial score (nSPS) is 11.5. The molecule has 0 radical (unpaired) electrons. The topological polar surface area (TPSA) is 84.7 Å². The van der Waals surface area contributed by atoms with E-state index in [1.165, 1.54) is 43.1 Å². The molecule has 0 aliphatic heterocycles. The number of carbonyl (C=O) groups is 1. The fourth-order valence-corrected chi connectivity index (χ4v) is 5.62. The van der Waals surface area contributed by atoms with E-state index in [1.54, 1.807) is 0 Å². The third-order valence-corrected chi connectivity index (χ3v) is 7.52. The van der Waals surface area contributed by atoms with Gasteiger partial charge < -0.3 is 5.32 Å². The number of para-hydroxylation sites is 1. The van der Waals surface area contributed by atoms with Crippen molar-refractivity contribution in [3.63, 3.8) is 0 Å². The molecule has 178 valence electrons. The molecule has 0 aliphatic carbocycles. The van der Waals surface area contributed by atoms with Gasteiger partial charge >= 0.3 is 6.03 Å². The van der Waals surface area contributed by atoms with Gasteiger partial charge in [0.15, 0.2) is 0 Å². The van der Waals surface area contributed by atoms with E-state index in [0.717, 1.165) is 21.5 Å². The maximum absolute atomic E-state index is 12.7. The number of rotatable bonds is 5. The Morgan fingerprint density at radius 2 is 1.54 bits per heavy atom. The highest BCUT2D eigenvalue weighted by atomic mass is 32.1. The molecule has 0 bridgehead atoms. The molecule has 7 nitrogen and oxygen atoms in total. The van der Waals surface area contributed by atoms with Gasteiger partial charge in [-0.2, -0.15) is 0 Å². The molecule has 7 aromatic rings. The Morgan fingerprint density at radius 1 is 0.784 bits per heavy atom. The first-order valence-electron chi connectivity index (χ1n) is 11.9. The highest BCUT2D eigenvalue weighted by molar-refractivity contribution is 7.19. The van der Waals surface area contributed by atoms with Crippen LogP contribution in [0.3, 0.4) is 0 Å². The third kappa shape index (κ3) is 3.84. The zero-order valence-corrected chi connectivity index (χ0v) is 20.4. The number of amides is 2. The fourth-order valence-electron chi connectivity index (χ4n) is 4.79. The number of anilines is 1. The monoisotopic (exact) mass is 500 g/mol. The summed E-state index contributed by atoms with van der Waals surface area (Å²) in [4.78, 5) is 15.0. The summed E-state index contributed by atoms with van der Waals surface area (Å²) < 4.78 is 0. The molecule has 0 atom stereocenters. The number of thiophene rings is 1. The number of tetrazole rings is 1. The molecule has 8 heteroatoms. The van der Waals surface area contributed by atoms with Gasteiger partial charge in [-0.3, -0.25) is 5.32 Å². The highest BCUT2D eigenvalue weighted by Crippen LogP contribution is 2.36. The summed E-state index contributed by atoms with van der Waals surface area (Å²) in [6.45, 7) is 0.422. The van der Waals surface area contributed by atoms with E-state index in [1.807, 2.05) is 42.5 Å². The minimum atomic E-state index is -0.264. The van der Waals surface area contributed by atoms with Gasteiger partial charge in [0.1, 0.15) is 0 Å². The van der Waals surface area contributed by atoms with E-state index < -0.39 is 0 Å². The van der Waals surface area contributed by atoms with Crippen molar-refractivity contribution in [2.24, 2.45) is 0 Å². The van der Waals surface area contributed by atoms with Gasteiger partial charge in [0.2, 0.25) is 5.82 Å². The van der Waals surface area contributed by atoms with E-state index in [4.69, 9.17) is 0 Å². The number of nitrogens with one attached hydrogen (secondary N) is 2. The van der Waals surface area contributed by atoms with Gasteiger partial charge in [-0.25, -0.2) is 4.79 Å². The van der Waals surface area contributed by atoms with Crippen LogP contribution in [0.1, 0.15) is 5.56 Å². The summed E-state index contributed by atoms with van der Waals surface area (Å²) in [7, 11) is 0. The maximum Gasteiger partial charge on any atom is 0.320 e.